The van der Waals surface area contributed by atoms with Crippen LogP contribution in [-0.2, 0) is 11.3 Å². The van der Waals surface area contributed by atoms with Crippen LogP contribution in [0.2, 0.25) is 0 Å². The molecule has 0 spiro atoms. The van der Waals surface area contributed by atoms with E-state index in [1.165, 1.54) is 11.1 Å². The summed E-state index contributed by atoms with van der Waals surface area (Å²) in [6, 6.07) is 15.2. The lowest BCUT2D eigenvalue weighted by Crippen LogP contribution is -2.49. The maximum Gasteiger partial charge on any atom is 0.260 e. The van der Waals surface area contributed by atoms with Gasteiger partial charge in [-0.3, -0.25) is 14.5 Å². The number of hydrogen-bond acceptors (Lipinski definition) is 4. The summed E-state index contributed by atoms with van der Waals surface area (Å²) in [7, 11) is 0. The Kier molecular flexibility index (Phi) is 6.08. The summed E-state index contributed by atoms with van der Waals surface area (Å²) in [5.74, 6) is -0.302. The van der Waals surface area contributed by atoms with Crippen molar-refractivity contribution in [2.24, 2.45) is 5.73 Å². The lowest BCUT2D eigenvalue weighted by atomic mass is 10.1. The maximum absolute atomic E-state index is 12.4. The van der Waals surface area contributed by atoms with Crippen molar-refractivity contribution in [3.8, 4) is 5.75 Å². The van der Waals surface area contributed by atoms with E-state index < -0.39 is 5.91 Å². The third-order valence-electron chi connectivity index (χ3n) is 4.72. The van der Waals surface area contributed by atoms with Crippen molar-refractivity contribution in [1.29, 1.82) is 0 Å². The Morgan fingerprint density at radius 1 is 1.04 bits per heavy atom. The molecule has 2 N–H and O–H groups in total. The van der Waals surface area contributed by atoms with Gasteiger partial charge in [-0.2, -0.15) is 0 Å². The molecular weight excluding hydrogens is 342 g/mol. The number of hydrogen-bond donors (Lipinski definition) is 1. The van der Waals surface area contributed by atoms with Crippen molar-refractivity contribution in [3.63, 3.8) is 0 Å². The molecule has 6 heteroatoms. The van der Waals surface area contributed by atoms with Gasteiger partial charge in [0.25, 0.3) is 11.8 Å². The molecule has 0 radical (unpaired) electrons. The molecule has 2 aromatic carbocycles. The number of benzene rings is 2. The first-order valence-electron chi connectivity index (χ1n) is 9.10. The van der Waals surface area contributed by atoms with E-state index >= 15 is 0 Å². The SMILES string of the molecule is Cc1cccc(CN2CCN(C(=O)COc3ccccc3C(N)=O)CC2)c1. The number of nitrogens with two attached hydrogens (primary N) is 1. The van der Waals surface area contributed by atoms with E-state index in [9.17, 15) is 9.59 Å². The van der Waals surface area contributed by atoms with Crippen molar-refractivity contribution in [2.75, 3.05) is 32.8 Å². The molecule has 0 aromatic heterocycles. The Morgan fingerprint density at radius 2 is 1.78 bits per heavy atom. The predicted octanol–water partition coefficient (Wildman–Crippen LogP) is 1.82. The van der Waals surface area contributed by atoms with Gasteiger partial charge in [0, 0.05) is 32.7 Å². The van der Waals surface area contributed by atoms with Crippen LogP contribution in [0.4, 0.5) is 0 Å². The summed E-state index contributed by atoms with van der Waals surface area (Å²) in [5.41, 5.74) is 8.17. The van der Waals surface area contributed by atoms with Gasteiger partial charge < -0.3 is 15.4 Å². The summed E-state index contributed by atoms with van der Waals surface area (Å²) in [4.78, 5) is 28.0. The van der Waals surface area contributed by atoms with Crippen LogP contribution in [0.25, 0.3) is 0 Å². The summed E-state index contributed by atoms with van der Waals surface area (Å²) < 4.78 is 5.54. The summed E-state index contributed by atoms with van der Waals surface area (Å²) in [6.07, 6.45) is 0. The number of piperazine rings is 1. The van der Waals surface area contributed by atoms with Gasteiger partial charge in [0.15, 0.2) is 6.61 Å². The highest BCUT2D eigenvalue weighted by molar-refractivity contribution is 5.95. The first-order chi connectivity index (χ1) is 13.0. The van der Waals surface area contributed by atoms with Crippen LogP contribution in [0, 0.1) is 6.92 Å². The molecule has 0 bridgehead atoms. The third-order valence-corrected chi connectivity index (χ3v) is 4.72. The smallest absolute Gasteiger partial charge is 0.260 e. The molecule has 2 aromatic rings. The highest BCUT2D eigenvalue weighted by Crippen LogP contribution is 2.17. The van der Waals surface area contributed by atoms with Gasteiger partial charge in [-0.05, 0) is 24.6 Å². The molecule has 0 aliphatic carbocycles. The van der Waals surface area contributed by atoms with E-state index in [0.717, 1.165) is 19.6 Å². The second kappa shape index (κ2) is 8.68. The molecule has 1 aliphatic rings. The minimum Gasteiger partial charge on any atom is -0.483 e. The molecule has 1 saturated heterocycles. The van der Waals surface area contributed by atoms with E-state index in [1.807, 2.05) is 0 Å². The van der Waals surface area contributed by atoms with E-state index in [1.54, 1.807) is 29.2 Å². The normalized spacial score (nSPS) is 14.8. The zero-order chi connectivity index (χ0) is 19.2. The van der Waals surface area contributed by atoms with Crippen molar-refractivity contribution < 1.29 is 14.3 Å². The quantitative estimate of drug-likeness (QED) is 0.845. The molecule has 27 heavy (non-hydrogen) atoms. The first kappa shape index (κ1) is 18.9. The van der Waals surface area contributed by atoms with Gasteiger partial charge in [0.2, 0.25) is 0 Å². The van der Waals surface area contributed by atoms with E-state index in [4.69, 9.17) is 10.5 Å². The first-order valence-corrected chi connectivity index (χ1v) is 9.10. The lowest BCUT2D eigenvalue weighted by Gasteiger charge is -2.34. The second-order valence-corrected chi connectivity index (χ2v) is 6.80. The van der Waals surface area contributed by atoms with Crippen molar-refractivity contribution >= 4 is 11.8 Å². The number of carbonyl (C=O) groups excluding carboxylic acids is 2. The Balaban J connectivity index is 1.48. The number of rotatable bonds is 6. The molecule has 2 amide bonds. The number of para-hydroxylation sites is 1. The van der Waals surface area contributed by atoms with E-state index in [-0.39, 0.29) is 18.1 Å². The summed E-state index contributed by atoms with van der Waals surface area (Å²) >= 11 is 0. The minimum atomic E-state index is -0.567. The fourth-order valence-electron chi connectivity index (χ4n) is 3.25. The van der Waals surface area contributed by atoms with Crippen LogP contribution in [0.1, 0.15) is 21.5 Å². The summed E-state index contributed by atoms with van der Waals surface area (Å²) in [5, 5.41) is 0. The van der Waals surface area contributed by atoms with Crippen LogP contribution < -0.4 is 10.5 Å². The van der Waals surface area contributed by atoms with E-state index in [0.29, 0.717) is 18.8 Å². The van der Waals surface area contributed by atoms with Gasteiger partial charge in [-0.25, -0.2) is 0 Å². The van der Waals surface area contributed by atoms with Crippen LogP contribution in [0.5, 0.6) is 5.75 Å². The minimum absolute atomic E-state index is 0.0792. The third kappa shape index (κ3) is 5.08. The summed E-state index contributed by atoms with van der Waals surface area (Å²) in [6.45, 7) is 5.90. The van der Waals surface area contributed by atoms with Crippen LogP contribution in [0.15, 0.2) is 48.5 Å². The largest absolute Gasteiger partial charge is 0.483 e. The van der Waals surface area contributed by atoms with Gasteiger partial charge in [0.1, 0.15) is 5.75 Å². The topological polar surface area (TPSA) is 75.9 Å². The Labute approximate surface area is 159 Å². The van der Waals surface area contributed by atoms with E-state index in [2.05, 4.69) is 36.1 Å². The average molecular weight is 367 g/mol. The molecule has 0 atom stereocenters. The molecule has 1 heterocycles. The number of amides is 2. The fourth-order valence-corrected chi connectivity index (χ4v) is 3.25. The Morgan fingerprint density at radius 3 is 2.48 bits per heavy atom. The molecule has 0 unspecified atom stereocenters. The van der Waals surface area contributed by atoms with Gasteiger partial charge in [-0.15, -0.1) is 0 Å². The molecule has 1 fully saturated rings. The molecule has 1 aliphatic heterocycles. The molecule has 142 valence electrons. The maximum atomic E-state index is 12.4. The lowest BCUT2D eigenvalue weighted by molar-refractivity contribution is -0.135. The zero-order valence-electron chi connectivity index (χ0n) is 15.6. The van der Waals surface area contributed by atoms with Crippen molar-refractivity contribution in [3.05, 3.63) is 65.2 Å². The van der Waals surface area contributed by atoms with Gasteiger partial charge >= 0.3 is 0 Å². The molecule has 0 saturated carbocycles. The van der Waals surface area contributed by atoms with Crippen molar-refractivity contribution in [2.45, 2.75) is 13.5 Å². The highest BCUT2D eigenvalue weighted by atomic mass is 16.5. The number of nitrogens with zero attached hydrogens (tertiary/aromatic N) is 2. The second-order valence-electron chi connectivity index (χ2n) is 6.80. The van der Waals surface area contributed by atoms with Gasteiger partial charge in [-0.1, -0.05) is 42.0 Å². The van der Waals surface area contributed by atoms with Crippen LogP contribution in [-0.4, -0.2) is 54.4 Å². The monoisotopic (exact) mass is 367 g/mol. The van der Waals surface area contributed by atoms with Crippen molar-refractivity contribution in [1.82, 2.24) is 9.80 Å². The number of carbonyl (C=O) groups is 2. The standard InChI is InChI=1S/C21H25N3O3/c1-16-5-4-6-17(13-16)14-23-9-11-24(12-10-23)20(25)15-27-19-8-3-2-7-18(19)21(22)26/h2-8,13H,9-12,14-15H2,1H3,(H2,22,26). The Hall–Kier alpha value is -2.86. The number of primary amides is 1. The molecule has 3 rings (SSSR count). The highest BCUT2D eigenvalue weighted by Gasteiger charge is 2.22. The Bertz CT molecular complexity index is 814. The number of ether oxygens (including phenoxy) is 1. The number of aryl methyl sites for hydroxylation is 1. The zero-order valence-corrected chi connectivity index (χ0v) is 15.6. The fraction of sp³-hybridized carbons (Fsp3) is 0.333. The molecular formula is C21H25N3O3. The molecule has 6 nitrogen and oxygen atoms in total. The van der Waals surface area contributed by atoms with Crippen LogP contribution >= 0.6 is 0 Å². The predicted molar refractivity (Wildman–Crippen MR) is 103 cm³/mol. The average Bonchev–Trinajstić information content (AvgIpc) is 2.67. The van der Waals surface area contributed by atoms with Crippen LogP contribution in [0.3, 0.4) is 0 Å². The van der Waals surface area contributed by atoms with Gasteiger partial charge in [0.05, 0.1) is 5.56 Å².